The zero-order chi connectivity index (χ0) is 26.4. The number of amides is 2. The molecule has 3 atom stereocenters. The summed E-state index contributed by atoms with van der Waals surface area (Å²) >= 11 is 0. The number of carbonyl (C=O) groups is 2. The van der Waals surface area contributed by atoms with E-state index in [2.05, 4.69) is 10.6 Å². The highest BCUT2D eigenvalue weighted by Crippen LogP contribution is 2.52. The first-order valence-electron chi connectivity index (χ1n) is 12.8. The van der Waals surface area contributed by atoms with Crippen molar-refractivity contribution in [3.63, 3.8) is 0 Å². The normalized spacial score (nSPS) is 24.4. The van der Waals surface area contributed by atoms with E-state index >= 15 is 0 Å². The predicted molar refractivity (Wildman–Crippen MR) is 137 cm³/mol. The van der Waals surface area contributed by atoms with Crippen molar-refractivity contribution in [1.82, 2.24) is 15.5 Å². The molecule has 4 N–H and O–H groups in total. The van der Waals surface area contributed by atoms with E-state index in [1.165, 1.54) is 4.90 Å². The quantitative estimate of drug-likeness (QED) is 0.436. The second kappa shape index (κ2) is 9.46. The molecule has 9 heteroatoms. The number of benzene rings is 2. The van der Waals surface area contributed by atoms with Gasteiger partial charge in [-0.25, -0.2) is 0 Å². The van der Waals surface area contributed by atoms with Crippen molar-refractivity contribution in [1.29, 1.82) is 5.41 Å². The summed E-state index contributed by atoms with van der Waals surface area (Å²) in [5, 5.41) is 25.6. The van der Waals surface area contributed by atoms with Gasteiger partial charge in [0.25, 0.3) is 5.91 Å². The molecule has 0 aromatic heterocycles. The number of hydrogen-bond donors (Lipinski definition) is 4. The van der Waals surface area contributed by atoms with Gasteiger partial charge in [-0.15, -0.1) is 0 Å². The molecule has 0 bridgehead atoms. The predicted octanol–water partition coefficient (Wildman–Crippen LogP) is 3.14. The molecule has 0 saturated carbocycles. The number of rotatable bonds is 8. The summed E-state index contributed by atoms with van der Waals surface area (Å²) in [5.41, 5.74) is 0.968. The van der Waals surface area contributed by atoms with E-state index in [0.29, 0.717) is 41.9 Å². The Balaban J connectivity index is 1.54. The Morgan fingerprint density at radius 3 is 2.65 bits per heavy atom. The molecule has 37 heavy (non-hydrogen) atoms. The lowest BCUT2D eigenvalue weighted by Crippen LogP contribution is -2.62. The van der Waals surface area contributed by atoms with Crippen molar-refractivity contribution < 1.29 is 24.2 Å². The van der Waals surface area contributed by atoms with Gasteiger partial charge in [-0.1, -0.05) is 44.2 Å². The summed E-state index contributed by atoms with van der Waals surface area (Å²) in [6.07, 6.45) is 2.21. The van der Waals surface area contributed by atoms with Gasteiger partial charge in [0.05, 0.1) is 19.1 Å². The van der Waals surface area contributed by atoms with Gasteiger partial charge in [-0.2, -0.15) is 0 Å². The molecule has 3 aliphatic heterocycles. The molecule has 5 rings (SSSR count). The lowest BCUT2D eigenvalue weighted by atomic mass is 9.78. The molecule has 0 spiro atoms. The van der Waals surface area contributed by atoms with Gasteiger partial charge in [0, 0.05) is 35.9 Å². The fourth-order valence-electron chi connectivity index (χ4n) is 6.00. The second-order valence-electron chi connectivity index (χ2n) is 10.1. The van der Waals surface area contributed by atoms with Crippen LogP contribution in [0, 0.1) is 5.41 Å². The average Bonchev–Trinajstić information content (AvgIpc) is 3.24. The number of nitrogens with one attached hydrogen (secondary N) is 3. The highest BCUT2D eigenvalue weighted by molar-refractivity contribution is 6.00. The maximum Gasteiger partial charge on any atom is 0.252 e. The van der Waals surface area contributed by atoms with Gasteiger partial charge in [0.15, 0.2) is 11.6 Å². The molecule has 0 aliphatic carbocycles. The number of hydrogen-bond acceptors (Lipinski definition) is 6. The molecule has 2 amide bonds. The van der Waals surface area contributed by atoms with Crippen molar-refractivity contribution in [2.24, 2.45) is 0 Å². The first-order valence-corrected chi connectivity index (χ1v) is 12.8. The second-order valence-corrected chi connectivity index (χ2v) is 10.1. The topological polar surface area (TPSA) is 124 Å². The van der Waals surface area contributed by atoms with Gasteiger partial charge in [0.1, 0.15) is 11.8 Å². The fraction of sp³-hybridized carbons (Fsp3) is 0.464. The number of fused-ring (bicyclic) bond motifs is 5. The first kappa shape index (κ1) is 25.2. The zero-order valence-corrected chi connectivity index (χ0v) is 21.5. The number of ether oxygens (including phenoxy) is 2. The smallest absolute Gasteiger partial charge is 0.252 e. The van der Waals surface area contributed by atoms with Crippen molar-refractivity contribution in [3.05, 3.63) is 64.7 Å². The van der Waals surface area contributed by atoms with Crippen LogP contribution >= 0.6 is 0 Å². The van der Waals surface area contributed by atoms with E-state index < -0.39 is 23.2 Å². The van der Waals surface area contributed by atoms with Crippen molar-refractivity contribution in [3.8, 4) is 5.75 Å². The Morgan fingerprint density at radius 2 is 1.97 bits per heavy atom. The van der Waals surface area contributed by atoms with Gasteiger partial charge < -0.3 is 25.2 Å². The van der Waals surface area contributed by atoms with Crippen LogP contribution in [-0.4, -0.2) is 53.6 Å². The van der Waals surface area contributed by atoms with Crippen molar-refractivity contribution in [2.45, 2.75) is 62.8 Å². The molecule has 1 fully saturated rings. The maximum atomic E-state index is 13.4. The molecule has 3 heterocycles. The van der Waals surface area contributed by atoms with Crippen LogP contribution < -0.4 is 15.4 Å². The molecule has 2 aromatic rings. The van der Waals surface area contributed by atoms with E-state index in [9.17, 15) is 14.7 Å². The van der Waals surface area contributed by atoms with Crippen molar-refractivity contribution >= 4 is 17.8 Å². The molecule has 1 unspecified atom stereocenters. The number of para-hydroxylation sites is 1. The minimum atomic E-state index is -1.13. The lowest BCUT2D eigenvalue weighted by molar-refractivity contribution is -0.133. The number of aliphatic hydroxyl groups is 1. The van der Waals surface area contributed by atoms with E-state index in [4.69, 9.17) is 14.9 Å². The van der Waals surface area contributed by atoms with Crippen LogP contribution in [0.2, 0.25) is 0 Å². The molecule has 2 aromatic carbocycles. The van der Waals surface area contributed by atoms with Crippen LogP contribution in [0.15, 0.2) is 42.5 Å². The minimum absolute atomic E-state index is 0.0599. The Hall–Kier alpha value is -3.43. The highest BCUT2D eigenvalue weighted by Gasteiger charge is 2.55. The molecular formula is C28H34N4O5. The van der Waals surface area contributed by atoms with Gasteiger partial charge in [-0.05, 0) is 37.0 Å². The third-order valence-corrected chi connectivity index (χ3v) is 8.27. The molecule has 196 valence electrons. The molecule has 0 radical (unpaired) electrons. The maximum absolute atomic E-state index is 13.4. The average molecular weight is 507 g/mol. The number of carbonyl (C=O) groups excluding carboxylic acids is 2. The number of aliphatic hydroxyl groups excluding tert-OH is 1. The summed E-state index contributed by atoms with van der Waals surface area (Å²) in [6, 6.07) is 11.9. The van der Waals surface area contributed by atoms with E-state index in [0.717, 1.165) is 18.4 Å². The van der Waals surface area contributed by atoms with E-state index in [-0.39, 0.29) is 24.4 Å². The minimum Gasteiger partial charge on any atom is -0.477 e. The van der Waals surface area contributed by atoms with Crippen LogP contribution in [0.4, 0.5) is 0 Å². The number of guanidine groups is 1. The van der Waals surface area contributed by atoms with Crippen LogP contribution in [0.25, 0.3) is 0 Å². The molecule has 9 nitrogen and oxygen atoms in total. The fourth-order valence-corrected chi connectivity index (χ4v) is 6.00. The van der Waals surface area contributed by atoms with E-state index in [1.807, 2.05) is 50.2 Å². The number of nitrogens with zero attached hydrogens (tertiary/aromatic N) is 1. The Bertz CT molecular complexity index is 1220. The summed E-state index contributed by atoms with van der Waals surface area (Å²) in [5.74, 6) is 0.290. The van der Waals surface area contributed by atoms with E-state index in [1.54, 1.807) is 13.2 Å². The van der Waals surface area contributed by atoms with Crippen LogP contribution in [0.3, 0.4) is 0 Å². The molecular weight excluding hydrogens is 472 g/mol. The number of methoxy groups -OCH3 is 1. The summed E-state index contributed by atoms with van der Waals surface area (Å²) in [4.78, 5) is 28.2. The summed E-state index contributed by atoms with van der Waals surface area (Å²) in [6.45, 7) is 4.09. The Labute approximate surface area is 216 Å². The SMILES string of the molecule is CCC1(CC)CC(=O)N([C@H](CCOC)c2ccc3c(c2)C(=O)N[C@@H]2c4ccccc4OC32CO)C(=N)N1. The molecule has 3 aliphatic rings. The van der Waals surface area contributed by atoms with Crippen LogP contribution in [0.1, 0.15) is 78.7 Å². The largest absolute Gasteiger partial charge is 0.477 e. The highest BCUT2D eigenvalue weighted by atomic mass is 16.5. The standard InChI is InChI=1S/C28H34N4O5/c1-4-27(5-2)15-23(34)32(26(29)31-27)21(12-13-36-3)17-10-11-20-19(14-17)25(35)30-24-18-8-6-7-9-22(18)37-28(20,24)16-33/h6-11,14,21,24,33H,4-5,12-13,15-16H2,1-3H3,(H2,29,31)(H,30,35)/t21-,24-,28?/m1/s1. The summed E-state index contributed by atoms with van der Waals surface area (Å²) in [7, 11) is 1.60. The van der Waals surface area contributed by atoms with Gasteiger partial charge in [-0.3, -0.25) is 19.9 Å². The van der Waals surface area contributed by atoms with Crippen LogP contribution in [0.5, 0.6) is 5.75 Å². The summed E-state index contributed by atoms with van der Waals surface area (Å²) < 4.78 is 11.6. The third kappa shape index (κ3) is 3.88. The van der Waals surface area contributed by atoms with Gasteiger partial charge >= 0.3 is 0 Å². The Kier molecular flexibility index (Phi) is 6.45. The first-order chi connectivity index (χ1) is 17.8. The monoisotopic (exact) mass is 506 g/mol. The molecule has 1 saturated heterocycles. The van der Waals surface area contributed by atoms with Crippen molar-refractivity contribution in [2.75, 3.05) is 20.3 Å². The zero-order valence-electron chi connectivity index (χ0n) is 21.5. The Morgan fingerprint density at radius 1 is 1.22 bits per heavy atom. The van der Waals surface area contributed by atoms with Crippen LogP contribution in [-0.2, 0) is 15.1 Å². The third-order valence-electron chi connectivity index (χ3n) is 8.27. The van der Waals surface area contributed by atoms with Gasteiger partial charge in [0.2, 0.25) is 5.91 Å². The lowest BCUT2D eigenvalue weighted by Gasteiger charge is -2.45.